The van der Waals surface area contributed by atoms with Crippen molar-refractivity contribution < 1.29 is 24.2 Å². The molecule has 1 heterocycles. The molecule has 0 radical (unpaired) electrons. The number of allylic oxidation sites excluding steroid dienone is 3. The summed E-state index contributed by atoms with van der Waals surface area (Å²) in [6.45, 7) is 2.10. The Morgan fingerprint density at radius 3 is 2.35 bits per heavy atom. The average molecular weight is 496 g/mol. The molecule has 37 heavy (non-hydrogen) atoms. The summed E-state index contributed by atoms with van der Waals surface area (Å²) in [7, 11) is 0. The van der Waals surface area contributed by atoms with E-state index in [1.807, 2.05) is 73.7 Å². The summed E-state index contributed by atoms with van der Waals surface area (Å²) < 4.78 is 11.3. The van der Waals surface area contributed by atoms with Gasteiger partial charge in [0.2, 0.25) is 0 Å². The van der Waals surface area contributed by atoms with Gasteiger partial charge in [0.1, 0.15) is 24.7 Å². The maximum Gasteiger partial charge on any atom is 0.336 e. The smallest absolute Gasteiger partial charge is 0.336 e. The van der Waals surface area contributed by atoms with Crippen molar-refractivity contribution in [2.75, 3.05) is 13.2 Å². The summed E-state index contributed by atoms with van der Waals surface area (Å²) in [6.07, 6.45) is 1.01. The standard InChI is InChI=1S/C31H29NO5/c1-20-28(31(35)37-16-15-36-25-13-6-3-7-14-25)29(22-11-8-12-24(33)17-22)30-26(32-20)18-23(19-27(30)34)21-9-4-2-5-10-21/h2-14,17,23,29,32-33H,15-16,18-19H2,1H3/t23-,29+/m1/s1. The third kappa shape index (κ3) is 5.28. The molecule has 2 aliphatic rings. The summed E-state index contributed by atoms with van der Waals surface area (Å²) in [6, 6.07) is 26.1. The molecule has 188 valence electrons. The number of phenolic OH excluding ortho intramolecular Hbond substituents is 1. The first-order valence-electron chi connectivity index (χ1n) is 12.4. The zero-order chi connectivity index (χ0) is 25.8. The Morgan fingerprint density at radius 1 is 0.919 bits per heavy atom. The van der Waals surface area contributed by atoms with Gasteiger partial charge < -0.3 is 19.9 Å². The van der Waals surface area contributed by atoms with Crippen molar-refractivity contribution in [1.82, 2.24) is 5.32 Å². The van der Waals surface area contributed by atoms with Crippen LogP contribution in [-0.4, -0.2) is 30.1 Å². The van der Waals surface area contributed by atoms with E-state index in [9.17, 15) is 14.7 Å². The van der Waals surface area contributed by atoms with Crippen molar-refractivity contribution in [1.29, 1.82) is 0 Å². The fraction of sp³-hybridized carbons (Fsp3) is 0.226. The number of ketones is 1. The first kappa shape index (κ1) is 24.4. The lowest BCUT2D eigenvalue weighted by atomic mass is 9.71. The van der Waals surface area contributed by atoms with Crippen LogP contribution in [0.1, 0.15) is 42.7 Å². The molecule has 1 aliphatic carbocycles. The number of rotatable bonds is 7. The SMILES string of the molecule is CC1=C(C(=O)OCCOc2ccccc2)[C@H](c2cccc(O)c2)C2=C(C[C@@H](c3ccccc3)CC2=O)N1. The van der Waals surface area contributed by atoms with Crippen molar-refractivity contribution in [2.45, 2.75) is 31.6 Å². The highest BCUT2D eigenvalue weighted by Gasteiger charge is 2.41. The summed E-state index contributed by atoms with van der Waals surface area (Å²) in [5.74, 6) is -0.330. The van der Waals surface area contributed by atoms with Crippen molar-refractivity contribution in [2.24, 2.45) is 0 Å². The number of carbonyl (C=O) groups excluding carboxylic acids is 2. The van der Waals surface area contributed by atoms with Crippen molar-refractivity contribution in [3.05, 3.63) is 119 Å². The first-order valence-corrected chi connectivity index (χ1v) is 12.4. The Labute approximate surface area is 216 Å². The van der Waals surface area contributed by atoms with Crippen LogP contribution in [0.15, 0.2) is 107 Å². The van der Waals surface area contributed by atoms with Gasteiger partial charge in [0.05, 0.1) is 5.57 Å². The molecule has 0 spiro atoms. The molecule has 6 nitrogen and oxygen atoms in total. The third-order valence-corrected chi connectivity index (χ3v) is 6.85. The number of hydrogen-bond acceptors (Lipinski definition) is 6. The Morgan fingerprint density at radius 2 is 1.62 bits per heavy atom. The molecule has 2 atom stereocenters. The van der Waals surface area contributed by atoms with Crippen LogP contribution in [-0.2, 0) is 14.3 Å². The number of hydrogen-bond donors (Lipinski definition) is 2. The average Bonchev–Trinajstić information content (AvgIpc) is 2.91. The highest BCUT2D eigenvalue weighted by Crippen LogP contribution is 2.46. The number of nitrogens with one attached hydrogen (secondary N) is 1. The van der Waals surface area contributed by atoms with Gasteiger partial charge in [-0.15, -0.1) is 0 Å². The van der Waals surface area contributed by atoms with Gasteiger partial charge in [0, 0.05) is 29.3 Å². The van der Waals surface area contributed by atoms with E-state index in [-0.39, 0.29) is 30.7 Å². The molecule has 0 unspecified atom stereocenters. The Kier molecular flexibility index (Phi) is 7.08. The van der Waals surface area contributed by atoms with Crippen molar-refractivity contribution in [3.63, 3.8) is 0 Å². The third-order valence-electron chi connectivity index (χ3n) is 6.85. The van der Waals surface area contributed by atoms with E-state index in [0.717, 1.165) is 11.3 Å². The molecular formula is C31H29NO5. The lowest BCUT2D eigenvalue weighted by Crippen LogP contribution is -2.36. The quantitative estimate of drug-likeness (QED) is 0.338. The maximum absolute atomic E-state index is 13.6. The second-order valence-corrected chi connectivity index (χ2v) is 9.32. The van der Waals surface area contributed by atoms with Gasteiger partial charge >= 0.3 is 5.97 Å². The van der Waals surface area contributed by atoms with E-state index in [0.29, 0.717) is 41.0 Å². The van der Waals surface area contributed by atoms with Crippen LogP contribution in [0.3, 0.4) is 0 Å². The van der Waals surface area contributed by atoms with Crippen LogP contribution in [0, 0.1) is 0 Å². The molecule has 5 rings (SSSR count). The summed E-state index contributed by atoms with van der Waals surface area (Å²) in [5.41, 5.74) is 4.18. The van der Waals surface area contributed by atoms with Gasteiger partial charge in [0.15, 0.2) is 5.78 Å². The Hall–Kier alpha value is -4.32. The lowest BCUT2D eigenvalue weighted by molar-refractivity contribution is -0.140. The Bertz CT molecular complexity index is 1360. The van der Waals surface area contributed by atoms with Gasteiger partial charge in [-0.1, -0.05) is 60.7 Å². The molecule has 0 amide bonds. The van der Waals surface area contributed by atoms with E-state index >= 15 is 0 Å². The van der Waals surface area contributed by atoms with E-state index < -0.39 is 11.9 Å². The minimum atomic E-state index is -0.630. The highest BCUT2D eigenvalue weighted by atomic mass is 16.6. The van der Waals surface area contributed by atoms with Gasteiger partial charge in [0.25, 0.3) is 0 Å². The first-order chi connectivity index (χ1) is 18.0. The number of aromatic hydroxyl groups is 1. The molecular weight excluding hydrogens is 466 g/mol. The molecule has 3 aromatic carbocycles. The second kappa shape index (κ2) is 10.7. The summed E-state index contributed by atoms with van der Waals surface area (Å²) in [4.78, 5) is 27.0. The monoisotopic (exact) mass is 495 g/mol. The number of para-hydroxylation sites is 1. The number of esters is 1. The highest BCUT2D eigenvalue weighted by molar-refractivity contribution is 6.04. The van der Waals surface area contributed by atoms with Crippen LogP contribution in [0.5, 0.6) is 11.5 Å². The lowest BCUT2D eigenvalue weighted by Gasteiger charge is -2.36. The van der Waals surface area contributed by atoms with E-state index in [1.54, 1.807) is 18.2 Å². The molecule has 1 aliphatic heterocycles. The molecule has 3 aromatic rings. The predicted molar refractivity (Wildman–Crippen MR) is 140 cm³/mol. The van der Waals surface area contributed by atoms with Crippen LogP contribution >= 0.6 is 0 Å². The molecule has 0 fully saturated rings. The molecule has 0 aromatic heterocycles. The number of ether oxygens (including phenoxy) is 2. The van der Waals surface area contributed by atoms with Gasteiger partial charge in [-0.05, 0) is 54.7 Å². The number of Topliss-reactive ketones (excluding diaryl/α,β-unsaturated/α-hetero) is 1. The van der Waals surface area contributed by atoms with E-state index in [1.165, 1.54) is 0 Å². The number of dihydropyridines is 1. The second-order valence-electron chi connectivity index (χ2n) is 9.32. The van der Waals surface area contributed by atoms with E-state index in [2.05, 4.69) is 5.32 Å². The predicted octanol–water partition coefficient (Wildman–Crippen LogP) is 5.38. The largest absolute Gasteiger partial charge is 0.508 e. The topological polar surface area (TPSA) is 84.9 Å². The zero-order valence-corrected chi connectivity index (χ0v) is 20.6. The number of phenols is 1. The number of carbonyl (C=O) groups is 2. The van der Waals surface area contributed by atoms with Gasteiger partial charge in [-0.25, -0.2) is 4.79 Å². The molecule has 6 heteroatoms. The van der Waals surface area contributed by atoms with Gasteiger partial charge in [-0.2, -0.15) is 0 Å². The fourth-order valence-corrected chi connectivity index (χ4v) is 5.20. The minimum Gasteiger partial charge on any atom is -0.508 e. The van der Waals surface area contributed by atoms with Crippen LogP contribution in [0.25, 0.3) is 0 Å². The maximum atomic E-state index is 13.6. The van der Waals surface area contributed by atoms with Gasteiger partial charge in [-0.3, -0.25) is 4.79 Å². The van der Waals surface area contributed by atoms with Crippen molar-refractivity contribution >= 4 is 11.8 Å². The Balaban J connectivity index is 1.42. The van der Waals surface area contributed by atoms with Crippen LogP contribution < -0.4 is 10.1 Å². The molecule has 0 saturated carbocycles. The number of benzene rings is 3. The van der Waals surface area contributed by atoms with Crippen LogP contribution in [0.4, 0.5) is 0 Å². The zero-order valence-electron chi connectivity index (χ0n) is 20.6. The minimum absolute atomic E-state index is 0.0128. The summed E-state index contributed by atoms with van der Waals surface area (Å²) in [5, 5.41) is 13.6. The normalized spacial score (nSPS) is 19.2. The molecule has 0 bridgehead atoms. The molecule has 2 N–H and O–H groups in total. The van der Waals surface area contributed by atoms with Crippen LogP contribution in [0.2, 0.25) is 0 Å². The molecule has 0 saturated heterocycles. The fourth-order valence-electron chi connectivity index (χ4n) is 5.20. The van der Waals surface area contributed by atoms with Crippen molar-refractivity contribution in [3.8, 4) is 11.5 Å². The summed E-state index contributed by atoms with van der Waals surface area (Å²) >= 11 is 0. The van der Waals surface area contributed by atoms with E-state index in [4.69, 9.17) is 9.47 Å².